The molecule has 0 unspecified atom stereocenters. The summed E-state index contributed by atoms with van der Waals surface area (Å²) in [6.07, 6.45) is -0.373. The molecule has 0 N–H and O–H groups in total. The summed E-state index contributed by atoms with van der Waals surface area (Å²) in [5, 5.41) is 0.704. The lowest BCUT2D eigenvalue weighted by Crippen LogP contribution is -2.10. The maximum absolute atomic E-state index is 11.7. The molecular formula is C16H16O6. The predicted molar refractivity (Wildman–Crippen MR) is 77.6 cm³/mol. The van der Waals surface area contributed by atoms with Crippen molar-refractivity contribution in [3.05, 3.63) is 34.2 Å². The Morgan fingerprint density at radius 3 is 2.59 bits per heavy atom. The van der Waals surface area contributed by atoms with E-state index in [0.29, 0.717) is 34.6 Å². The molecule has 0 saturated carbocycles. The second-order valence-corrected chi connectivity index (χ2v) is 5.77. The molecule has 1 aromatic carbocycles. The number of methoxy groups -OCH3 is 2. The summed E-state index contributed by atoms with van der Waals surface area (Å²) in [7, 11) is 3.12. The number of fused-ring (bicyclic) bond motifs is 2. The van der Waals surface area contributed by atoms with E-state index in [1.54, 1.807) is 26.4 Å². The van der Waals surface area contributed by atoms with Crippen molar-refractivity contribution in [2.24, 2.45) is 0 Å². The van der Waals surface area contributed by atoms with Gasteiger partial charge in [-0.05, 0) is 13.0 Å². The van der Waals surface area contributed by atoms with Gasteiger partial charge in [-0.3, -0.25) is 0 Å². The van der Waals surface area contributed by atoms with E-state index in [0.717, 1.165) is 0 Å². The van der Waals surface area contributed by atoms with Crippen molar-refractivity contribution in [3.8, 4) is 11.5 Å². The highest BCUT2D eigenvalue weighted by molar-refractivity contribution is 5.89. The third-order valence-electron chi connectivity index (χ3n) is 4.36. The van der Waals surface area contributed by atoms with Gasteiger partial charge in [-0.1, -0.05) is 0 Å². The van der Waals surface area contributed by atoms with Crippen LogP contribution in [0.1, 0.15) is 18.6 Å². The van der Waals surface area contributed by atoms with E-state index in [2.05, 4.69) is 0 Å². The second-order valence-electron chi connectivity index (χ2n) is 5.77. The molecule has 3 atom stereocenters. The maximum Gasteiger partial charge on any atom is 0.336 e. The smallest absolute Gasteiger partial charge is 0.336 e. The molecule has 0 radical (unpaired) electrons. The van der Waals surface area contributed by atoms with Crippen LogP contribution in [-0.2, 0) is 9.47 Å². The number of ether oxygens (including phenoxy) is 4. The molecule has 6 heteroatoms. The van der Waals surface area contributed by atoms with Crippen molar-refractivity contribution in [2.45, 2.75) is 24.7 Å². The predicted octanol–water partition coefficient (Wildman–Crippen LogP) is 2.04. The summed E-state index contributed by atoms with van der Waals surface area (Å²) in [5.41, 5.74) is 0.439. The van der Waals surface area contributed by atoms with Crippen LogP contribution >= 0.6 is 0 Å². The summed E-state index contributed by atoms with van der Waals surface area (Å²) in [6.45, 7) is 2.52. The van der Waals surface area contributed by atoms with Crippen molar-refractivity contribution >= 4 is 11.0 Å². The molecule has 6 nitrogen and oxygen atoms in total. The van der Waals surface area contributed by atoms with Crippen LogP contribution in [0.25, 0.3) is 11.0 Å². The summed E-state index contributed by atoms with van der Waals surface area (Å²) >= 11 is 0. The highest BCUT2D eigenvalue weighted by Gasteiger charge is 2.63. The normalized spacial score (nSPS) is 29.4. The molecule has 1 aromatic heterocycles. The van der Waals surface area contributed by atoms with Crippen LogP contribution in [0.3, 0.4) is 0 Å². The van der Waals surface area contributed by atoms with Crippen LogP contribution in [-0.4, -0.2) is 32.5 Å². The molecule has 0 spiro atoms. The fourth-order valence-electron chi connectivity index (χ4n) is 3.14. The molecule has 0 amide bonds. The minimum atomic E-state index is -0.429. The molecule has 116 valence electrons. The van der Waals surface area contributed by atoms with E-state index < -0.39 is 5.63 Å². The highest BCUT2D eigenvalue weighted by Crippen LogP contribution is 2.55. The van der Waals surface area contributed by atoms with Gasteiger partial charge in [0, 0.05) is 12.1 Å². The SMILES string of the molecule is COc1cc(OC)c2ccc(=O)oc2c1[C@H]1OC[C@]2(C)O[C@H]12. The lowest BCUT2D eigenvalue weighted by Gasteiger charge is -2.18. The largest absolute Gasteiger partial charge is 0.496 e. The van der Waals surface area contributed by atoms with E-state index in [1.165, 1.54) is 6.07 Å². The molecule has 4 rings (SSSR count). The van der Waals surface area contributed by atoms with Crippen molar-refractivity contribution in [1.82, 2.24) is 0 Å². The second kappa shape index (κ2) is 4.47. The first-order chi connectivity index (χ1) is 10.6. The number of hydrogen-bond acceptors (Lipinski definition) is 6. The third-order valence-corrected chi connectivity index (χ3v) is 4.36. The van der Waals surface area contributed by atoms with Gasteiger partial charge in [0.2, 0.25) is 0 Å². The first-order valence-electron chi connectivity index (χ1n) is 7.05. The van der Waals surface area contributed by atoms with E-state index in [-0.39, 0.29) is 17.8 Å². The summed E-state index contributed by atoms with van der Waals surface area (Å²) in [6, 6.07) is 4.83. The molecule has 2 aromatic rings. The van der Waals surface area contributed by atoms with Gasteiger partial charge in [-0.2, -0.15) is 0 Å². The van der Waals surface area contributed by atoms with Crippen LogP contribution in [0, 0.1) is 0 Å². The van der Waals surface area contributed by atoms with E-state index >= 15 is 0 Å². The van der Waals surface area contributed by atoms with Crippen LogP contribution in [0.5, 0.6) is 11.5 Å². The zero-order valence-electron chi connectivity index (χ0n) is 12.5. The van der Waals surface area contributed by atoms with Crippen LogP contribution in [0.4, 0.5) is 0 Å². The van der Waals surface area contributed by atoms with Gasteiger partial charge >= 0.3 is 5.63 Å². The molecule has 0 aliphatic carbocycles. The van der Waals surface area contributed by atoms with Gasteiger partial charge in [-0.15, -0.1) is 0 Å². The minimum absolute atomic E-state index is 0.0523. The number of benzene rings is 1. The molecule has 2 aliphatic heterocycles. The Labute approximate surface area is 126 Å². The first kappa shape index (κ1) is 13.6. The number of epoxide rings is 1. The van der Waals surface area contributed by atoms with E-state index in [4.69, 9.17) is 23.4 Å². The van der Waals surface area contributed by atoms with Gasteiger partial charge in [0.15, 0.2) is 5.58 Å². The molecule has 22 heavy (non-hydrogen) atoms. The summed E-state index contributed by atoms with van der Waals surface area (Å²) in [5.74, 6) is 1.14. The molecule has 2 fully saturated rings. The Morgan fingerprint density at radius 1 is 1.23 bits per heavy atom. The Morgan fingerprint density at radius 2 is 2.00 bits per heavy atom. The summed E-state index contributed by atoms with van der Waals surface area (Å²) in [4.78, 5) is 11.7. The number of hydrogen-bond donors (Lipinski definition) is 0. The van der Waals surface area contributed by atoms with Gasteiger partial charge in [0.25, 0.3) is 0 Å². The van der Waals surface area contributed by atoms with Crippen molar-refractivity contribution in [2.75, 3.05) is 20.8 Å². The van der Waals surface area contributed by atoms with E-state index in [1.807, 2.05) is 6.92 Å². The van der Waals surface area contributed by atoms with E-state index in [9.17, 15) is 4.79 Å². The third kappa shape index (κ3) is 1.77. The average Bonchev–Trinajstić information content (AvgIpc) is 3.08. The quantitative estimate of drug-likeness (QED) is 0.638. The molecule has 3 heterocycles. The fourth-order valence-corrected chi connectivity index (χ4v) is 3.14. The Balaban J connectivity index is 1.99. The lowest BCUT2D eigenvalue weighted by atomic mass is 9.98. The number of rotatable bonds is 3. The topological polar surface area (TPSA) is 70.4 Å². The van der Waals surface area contributed by atoms with Gasteiger partial charge < -0.3 is 23.4 Å². The first-order valence-corrected chi connectivity index (χ1v) is 7.05. The Bertz CT molecular complexity index is 810. The molecule has 2 aliphatic rings. The lowest BCUT2D eigenvalue weighted by molar-refractivity contribution is 0.0116. The van der Waals surface area contributed by atoms with Crippen molar-refractivity contribution in [3.63, 3.8) is 0 Å². The van der Waals surface area contributed by atoms with Crippen LogP contribution in [0.15, 0.2) is 27.4 Å². The monoisotopic (exact) mass is 304 g/mol. The van der Waals surface area contributed by atoms with Crippen LogP contribution < -0.4 is 15.1 Å². The average molecular weight is 304 g/mol. The Kier molecular flexibility index (Phi) is 2.76. The van der Waals surface area contributed by atoms with Gasteiger partial charge in [-0.25, -0.2) is 4.79 Å². The minimum Gasteiger partial charge on any atom is -0.496 e. The zero-order valence-corrected chi connectivity index (χ0v) is 12.5. The Hall–Kier alpha value is -2.05. The maximum atomic E-state index is 11.7. The molecule has 0 bridgehead atoms. The van der Waals surface area contributed by atoms with Crippen LogP contribution in [0.2, 0.25) is 0 Å². The van der Waals surface area contributed by atoms with Gasteiger partial charge in [0.05, 0.1) is 31.8 Å². The van der Waals surface area contributed by atoms with Crippen molar-refractivity contribution in [1.29, 1.82) is 0 Å². The molecule has 2 saturated heterocycles. The van der Waals surface area contributed by atoms with Gasteiger partial charge in [0.1, 0.15) is 29.3 Å². The molecular weight excluding hydrogens is 288 g/mol. The summed E-state index contributed by atoms with van der Waals surface area (Å²) < 4.78 is 27.9. The zero-order chi connectivity index (χ0) is 15.5. The highest BCUT2D eigenvalue weighted by atomic mass is 16.7. The standard InChI is InChI=1S/C16H16O6/c1-16-7-20-14(15(16)22-16)12-10(19-3)6-9(18-2)8-4-5-11(17)21-13(8)12/h4-6,14-15H,7H2,1-3H3/t14-,15-,16+/m1/s1. The fraction of sp³-hybridized carbons (Fsp3) is 0.438. The van der Waals surface area contributed by atoms with Crippen molar-refractivity contribution < 1.29 is 23.4 Å².